The number of methoxy groups -OCH3 is 1. The molecule has 7 heteroatoms. The summed E-state index contributed by atoms with van der Waals surface area (Å²) in [5.74, 6) is 1.09. The minimum atomic E-state index is -3.65. The highest BCUT2D eigenvalue weighted by Gasteiger charge is 2.26. The monoisotopic (exact) mass is 320 g/mol. The van der Waals surface area contributed by atoms with E-state index in [0.717, 1.165) is 5.56 Å². The maximum atomic E-state index is 12.5. The molecule has 1 aliphatic rings. The summed E-state index contributed by atoms with van der Waals surface area (Å²) in [6, 6.07) is 10.1. The van der Waals surface area contributed by atoms with E-state index >= 15 is 0 Å². The lowest BCUT2D eigenvalue weighted by atomic mass is 10.0. The fourth-order valence-corrected chi connectivity index (χ4v) is 3.56. The topological polar surface area (TPSA) is 77.5 Å². The van der Waals surface area contributed by atoms with E-state index in [4.69, 9.17) is 9.47 Å². The van der Waals surface area contributed by atoms with Gasteiger partial charge in [0, 0.05) is 18.1 Å². The average molecular weight is 320 g/mol. The Morgan fingerprint density at radius 2 is 2.09 bits per heavy atom. The van der Waals surface area contributed by atoms with Gasteiger partial charge in [-0.15, -0.1) is 0 Å². The van der Waals surface area contributed by atoms with E-state index in [1.54, 1.807) is 0 Å². The standard InChI is InChI=1S/C15H16N2O4S/c1-20-15-7-6-11(10-16-15)22(18,19)17-13-8-9-21-14-5-3-2-4-12(13)14/h2-7,10,13,17H,8-9H2,1H3/t13-/m0/s1. The fraction of sp³-hybridized carbons (Fsp3) is 0.267. The summed E-state index contributed by atoms with van der Waals surface area (Å²) in [6.45, 7) is 0.477. The molecular weight excluding hydrogens is 304 g/mol. The zero-order valence-electron chi connectivity index (χ0n) is 12.0. The van der Waals surface area contributed by atoms with Gasteiger partial charge in [0.25, 0.3) is 0 Å². The normalized spacial score (nSPS) is 17.4. The van der Waals surface area contributed by atoms with Crippen molar-refractivity contribution in [3.05, 3.63) is 48.2 Å². The number of fused-ring (bicyclic) bond motifs is 1. The maximum Gasteiger partial charge on any atom is 0.242 e. The first-order chi connectivity index (χ1) is 10.6. The van der Waals surface area contributed by atoms with Crippen LogP contribution in [0.1, 0.15) is 18.0 Å². The second-order valence-corrected chi connectivity index (χ2v) is 6.60. The summed E-state index contributed by atoms with van der Waals surface area (Å²) in [5.41, 5.74) is 0.846. The number of aromatic nitrogens is 1. The van der Waals surface area contributed by atoms with Gasteiger partial charge in [0.05, 0.1) is 26.0 Å². The molecule has 0 fully saturated rings. The molecule has 0 spiro atoms. The molecule has 3 rings (SSSR count). The Morgan fingerprint density at radius 3 is 2.82 bits per heavy atom. The molecule has 1 aromatic heterocycles. The van der Waals surface area contributed by atoms with Crippen molar-refractivity contribution in [2.45, 2.75) is 17.4 Å². The average Bonchev–Trinajstić information content (AvgIpc) is 2.55. The number of ether oxygens (including phenoxy) is 2. The van der Waals surface area contributed by atoms with Crippen molar-refractivity contribution >= 4 is 10.0 Å². The van der Waals surface area contributed by atoms with E-state index < -0.39 is 10.0 Å². The molecule has 2 heterocycles. The van der Waals surface area contributed by atoms with Gasteiger partial charge in [-0.1, -0.05) is 18.2 Å². The summed E-state index contributed by atoms with van der Waals surface area (Å²) in [7, 11) is -2.17. The summed E-state index contributed by atoms with van der Waals surface area (Å²) in [4.78, 5) is 4.04. The van der Waals surface area contributed by atoms with Gasteiger partial charge in [0.15, 0.2) is 0 Å². The van der Waals surface area contributed by atoms with Crippen LogP contribution in [0.3, 0.4) is 0 Å². The van der Waals surface area contributed by atoms with Gasteiger partial charge in [-0.25, -0.2) is 18.1 Å². The molecule has 6 nitrogen and oxygen atoms in total. The molecule has 0 bridgehead atoms. The third-order valence-corrected chi connectivity index (χ3v) is 4.94. The molecule has 1 N–H and O–H groups in total. The zero-order valence-corrected chi connectivity index (χ0v) is 12.8. The van der Waals surface area contributed by atoms with Crippen molar-refractivity contribution in [3.63, 3.8) is 0 Å². The van der Waals surface area contributed by atoms with Crippen LogP contribution in [0.25, 0.3) is 0 Å². The van der Waals surface area contributed by atoms with E-state index in [9.17, 15) is 8.42 Å². The molecule has 1 aromatic carbocycles. The molecule has 1 aliphatic heterocycles. The second-order valence-electron chi connectivity index (χ2n) is 4.89. The summed E-state index contributed by atoms with van der Waals surface area (Å²) < 4.78 is 38.1. The van der Waals surface area contributed by atoms with Gasteiger partial charge in [-0.3, -0.25) is 0 Å². The molecule has 2 aromatic rings. The van der Waals surface area contributed by atoms with E-state index in [0.29, 0.717) is 24.7 Å². The van der Waals surface area contributed by atoms with Crippen molar-refractivity contribution in [1.29, 1.82) is 0 Å². The van der Waals surface area contributed by atoms with Gasteiger partial charge in [-0.2, -0.15) is 0 Å². The van der Waals surface area contributed by atoms with Crippen LogP contribution in [0.15, 0.2) is 47.5 Å². The van der Waals surface area contributed by atoms with Gasteiger partial charge in [0.2, 0.25) is 15.9 Å². The first kappa shape index (κ1) is 14.8. The molecule has 22 heavy (non-hydrogen) atoms. The number of nitrogens with one attached hydrogen (secondary N) is 1. The molecule has 0 radical (unpaired) electrons. The molecule has 0 saturated carbocycles. The van der Waals surface area contributed by atoms with Crippen LogP contribution in [-0.2, 0) is 10.0 Å². The number of nitrogens with zero attached hydrogens (tertiary/aromatic N) is 1. The number of pyridine rings is 1. The molecule has 0 saturated heterocycles. The summed E-state index contributed by atoms with van der Waals surface area (Å²) in [6.07, 6.45) is 1.87. The van der Waals surface area contributed by atoms with Crippen LogP contribution < -0.4 is 14.2 Å². The quantitative estimate of drug-likeness (QED) is 0.931. The number of hydrogen-bond donors (Lipinski definition) is 1. The van der Waals surface area contributed by atoms with Crippen molar-refractivity contribution in [2.75, 3.05) is 13.7 Å². The zero-order chi connectivity index (χ0) is 15.6. The SMILES string of the molecule is COc1ccc(S(=O)(=O)N[C@H]2CCOc3ccccc32)cn1. The highest BCUT2D eigenvalue weighted by Crippen LogP contribution is 2.32. The van der Waals surface area contributed by atoms with Gasteiger partial charge >= 0.3 is 0 Å². The Hall–Kier alpha value is -2.12. The number of hydrogen-bond acceptors (Lipinski definition) is 5. The third-order valence-electron chi connectivity index (χ3n) is 3.48. The van der Waals surface area contributed by atoms with Crippen LogP contribution in [-0.4, -0.2) is 27.1 Å². The lowest BCUT2D eigenvalue weighted by molar-refractivity contribution is 0.263. The highest BCUT2D eigenvalue weighted by molar-refractivity contribution is 7.89. The third kappa shape index (κ3) is 2.90. The first-order valence-electron chi connectivity index (χ1n) is 6.84. The van der Waals surface area contributed by atoms with Crippen LogP contribution >= 0.6 is 0 Å². The minimum absolute atomic E-state index is 0.109. The Bertz CT molecular complexity index is 759. The number of sulfonamides is 1. The van der Waals surface area contributed by atoms with Crippen LogP contribution in [0.5, 0.6) is 11.6 Å². The molecule has 0 aliphatic carbocycles. The van der Waals surface area contributed by atoms with Crippen molar-refractivity contribution in [1.82, 2.24) is 9.71 Å². The van der Waals surface area contributed by atoms with Gasteiger partial charge in [0.1, 0.15) is 10.6 Å². The number of rotatable bonds is 4. The fourth-order valence-electron chi connectivity index (χ4n) is 2.37. The number of para-hydroxylation sites is 1. The lowest BCUT2D eigenvalue weighted by Crippen LogP contribution is -2.32. The predicted molar refractivity (Wildman–Crippen MR) is 80.4 cm³/mol. The molecule has 1 atom stereocenters. The molecule has 0 amide bonds. The molecule has 116 valence electrons. The molecule has 0 unspecified atom stereocenters. The Kier molecular flexibility index (Phi) is 4.00. The van der Waals surface area contributed by atoms with Gasteiger partial charge < -0.3 is 9.47 Å². The largest absolute Gasteiger partial charge is 0.493 e. The second kappa shape index (κ2) is 5.94. The van der Waals surface area contributed by atoms with E-state index in [1.807, 2.05) is 24.3 Å². The smallest absolute Gasteiger partial charge is 0.242 e. The first-order valence-corrected chi connectivity index (χ1v) is 8.32. The van der Waals surface area contributed by atoms with Crippen molar-refractivity contribution < 1.29 is 17.9 Å². The van der Waals surface area contributed by atoms with Crippen LogP contribution in [0.2, 0.25) is 0 Å². The van der Waals surface area contributed by atoms with E-state index in [2.05, 4.69) is 9.71 Å². The Balaban J connectivity index is 1.86. The van der Waals surface area contributed by atoms with Crippen LogP contribution in [0, 0.1) is 0 Å². The summed E-state index contributed by atoms with van der Waals surface area (Å²) >= 11 is 0. The highest BCUT2D eigenvalue weighted by atomic mass is 32.2. The van der Waals surface area contributed by atoms with Crippen LogP contribution in [0.4, 0.5) is 0 Å². The van der Waals surface area contributed by atoms with E-state index in [-0.39, 0.29) is 10.9 Å². The van der Waals surface area contributed by atoms with Crippen molar-refractivity contribution in [2.24, 2.45) is 0 Å². The summed E-state index contributed by atoms with van der Waals surface area (Å²) in [5, 5.41) is 0. The van der Waals surface area contributed by atoms with Crippen molar-refractivity contribution in [3.8, 4) is 11.6 Å². The van der Waals surface area contributed by atoms with Gasteiger partial charge in [-0.05, 0) is 12.1 Å². The van der Waals surface area contributed by atoms with E-state index in [1.165, 1.54) is 25.4 Å². The maximum absolute atomic E-state index is 12.5. The Labute approximate surface area is 129 Å². The Morgan fingerprint density at radius 1 is 1.27 bits per heavy atom. The lowest BCUT2D eigenvalue weighted by Gasteiger charge is -2.26. The molecular formula is C15H16N2O4S. The number of benzene rings is 1. The predicted octanol–water partition coefficient (Wildman–Crippen LogP) is 1.89. The minimum Gasteiger partial charge on any atom is -0.493 e.